The standard InChI is InChI=1S/C23H15ClFNO3/c24-18-8-11-21(28-14-15-6-9-19(25)10-7-15)17(12-18)13-20-23(27)29-22(26-20)16-4-2-1-3-5-16/h1-13H,14H2/b20-13-. The summed E-state index contributed by atoms with van der Waals surface area (Å²) in [6.45, 7) is 0.237. The monoisotopic (exact) mass is 407 g/mol. The van der Waals surface area contributed by atoms with E-state index in [1.54, 1.807) is 36.4 Å². The van der Waals surface area contributed by atoms with Crippen LogP contribution in [0.4, 0.5) is 4.39 Å². The molecule has 0 atom stereocenters. The number of ether oxygens (including phenoxy) is 2. The zero-order valence-electron chi connectivity index (χ0n) is 15.1. The minimum absolute atomic E-state index is 0.151. The van der Waals surface area contributed by atoms with E-state index in [0.29, 0.717) is 21.9 Å². The smallest absolute Gasteiger partial charge is 0.363 e. The second-order valence-corrected chi connectivity index (χ2v) is 6.74. The van der Waals surface area contributed by atoms with Crippen LogP contribution in [-0.2, 0) is 16.1 Å². The normalized spacial score (nSPS) is 14.6. The van der Waals surface area contributed by atoms with Gasteiger partial charge < -0.3 is 9.47 Å². The summed E-state index contributed by atoms with van der Waals surface area (Å²) in [5.74, 6) is -0.0918. The first kappa shape index (κ1) is 18.9. The van der Waals surface area contributed by atoms with Gasteiger partial charge in [0.15, 0.2) is 5.70 Å². The van der Waals surface area contributed by atoms with Gasteiger partial charge in [-0.05, 0) is 54.1 Å². The summed E-state index contributed by atoms with van der Waals surface area (Å²) in [5.41, 5.74) is 2.26. The van der Waals surface area contributed by atoms with Crippen molar-refractivity contribution in [2.75, 3.05) is 0 Å². The molecule has 0 saturated heterocycles. The van der Waals surface area contributed by atoms with Gasteiger partial charge >= 0.3 is 5.97 Å². The van der Waals surface area contributed by atoms with Crippen molar-refractivity contribution in [3.8, 4) is 5.75 Å². The van der Waals surface area contributed by atoms with Crippen LogP contribution in [0.25, 0.3) is 6.08 Å². The van der Waals surface area contributed by atoms with Crippen LogP contribution in [-0.4, -0.2) is 11.9 Å². The van der Waals surface area contributed by atoms with Crippen molar-refractivity contribution in [3.05, 3.63) is 106 Å². The van der Waals surface area contributed by atoms with E-state index >= 15 is 0 Å². The summed E-state index contributed by atoms with van der Waals surface area (Å²) in [4.78, 5) is 16.6. The Hall–Kier alpha value is -3.44. The van der Waals surface area contributed by atoms with Crippen molar-refractivity contribution < 1.29 is 18.7 Å². The second-order valence-electron chi connectivity index (χ2n) is 6.30. The highest BCUT2D eigenvalue weighted by Gasteiger charge is 2.24. The molecule has 0 N–H and O–H groups in total. The molecule has 0 fully saturated rings. The Balaban J connectivity index is 1.60. The van der Waals surface area contributed by atoms with Crippen LogP contribution in [0.5, 0.6) is 5.75 Å². The molecule has 3 aromatic carbocycles. The number of halogens is 2. The van der Waals surface area contributed by atoms with Gasteiger partial charge in [0.1, 0.15) is 18.2 Å². The van der Waals surface area contributed by atoms with Gasteiger partial charge in [-0.25, -0.2) is 14.2 Å². The van der Waals surface area contributed by atoms with Gasteiger partial charge in [0.2, 0.25) is 5.90 Å². The maximum atomic E-state index is 13.1. The Kier molecular flexibility index (Phi) is 5.40. The van der Waals surface area contributed by atoms with Gasteiger partial charge in [-0.15, -0.1) is 0 Å². The third kappa shape index (κ3) is 4.52. The van der Waals surface area contributed by atoms with Crippen LogP contribution in [0.15, 0.2) is 83.5 Å². The lowest BCUT2D eigenvalue weighted by molar-refractivity contribution is -0.129. The Morgan fingerprint density at radius 2 is 1.79 bits per heavy atom. The lowest BCUT2D eigenvalue weighted by atomic mass is 10.1. The maximum absolute atomic E-state index is 13.1. The van der Waals surface area contributed by atoms with E-state index in [9.17, 15) is 9.18 Å². The number of nitrogens with zero attached hydrogens (tertiary/aromatic N) is 1. The van der Waals surface area contributed by atoms with Crippen LogP contribution >= 0.6 is 11.6 Å². The number of hydrogen-bond acceptors (Lipinski definition) is 4. The average molecular weight is 408 g/mol. The molecule has 1 heterocycles. The SMILES string of the molecule is O=C1OC(c2ccccc2)=N/C1=C\c1cc(Cl)ccc1OCc1ccc(F)cc1. The molecule has 1 aliphatic heterocycles. The van der Waals surface area contributed by atoms with Crippen LogP contribution in [0.1, 0.15) is 16.7 Å². The number of cyclic esters (lactones) is 1. The Labute approximate surface area is 171 Å². The summed E-state index contributed by atoms with van der Waals surface area (Å²) in [5, 5.41) is 0.490. The van der Waals surface area contributed by atoms with Crippen LogP contribution in [0.2, 0.25) is 5.02 Å². The molecule has 0 saturated carbocycles. The zero-order chi connectivity index (χ0) is 20.2. The third-order valence-corrected chi connectivity index (χ3v) is 4.45. The Morgan fingerprint density at radius 1 is 1.03 bits per heavy atom. The highest BCUT2D eigenvalue weighted by atomic mass is 35.5. The Bertz CT molecular complexity index is 1110. The van der Waals surface area contributed by atoms with Crippen molar-refractivity contribution in [1.29, 1.82) is 0 Å². The van der Waals surface area contributed by atoms with Gasteiger partial charge in [-0.3, -0.25) is 0 Å². The number of benzene rings is 3. The number of carbonyl (C=O) groups is 1. The second kappa shape index (κ2) is 8.29. The van der Waals surface area contributed by atoms with E-state index in [2.05, 4.69) is 4.99 Å². The van der Waals surface area contributed by atoms with Gasteiger partial charge in [0, 0.05) is 16.1 Å². The van der Waals surface area contributed by atoms with Crippen molar-refractivity contribution in [3.63, 3.8) is 0 Å². The topological polar surface area (TPSA) is 47.9 Å². The number of esters is 1. The molecule has 0 unspecified atom stereocenters. The van der Waals surface area contributed by atoms with Crippen molar-refractivity contribution >= 4 is 29.5 Å². The molecule has 0 radical (unpaired) electrons. The van der Waals surface area contributed by atoms with E-state index in [0.717, 1.165) is 5.56 Å². The van der Waals surface area contributed by atoms with Gasteiger partial charge in [0.25, 0.3) is 0 Å². The highest BCUT2D eigenvalue weighted by Crippen LogP contribution is 2.28. The fraction of sp³-hybridized carbons (Fsp3) is 0.0435. The summed E-state index contributed by atoms with van der Waals surface area (Å²) in [6, 6.07) is 20.3. The molecule has 3 aromatic rings. The lowest BCUT2D eigenvalue weighted by Gasteiger charge is -2.10. The fourth-order valence-electron chi connectivity index (χ4n) is 2.77. The zero-order valence-corrected chi connectivity index (χ0v) is 15.9. The first-order valence-electron chi connectivity index (χ1n) is 8.83. The first-order valence-corrected chi connectivity index (χ1v) is 9.21. The van der Waals surface area contributed by atoms with Gasteiger partial charge in [-0.2, -0.15) is 0 Å². The molecule has 144 valence electrons. The number of carbonyl (C=O) groups excluding carboxylic acids is 1. The fourth-order valence-corrected chi connectivity index (χ4v) is 2.95. The summed E-state index contributed by atoms with van der Waals surface area (Å²) in [6.07, 6.45) is 1.57. The summed E-state index contributed by atoms with van der Waals surface area (Å²) >= 11 is 6.12. The molecule has 1 aliphatic rings. The van der Waals surface area contributed by atoms with E-state index in [4.69, 9.17) is 21.1 Å². The molecule has 4 rings (SSSR count). The molecule has 29 heavy (non-hydrogen) atoms. The molecule has 0 amide bonds. The third-order valence-electron chi connectivity index (χ3n) is 4.21. The van der Waals surface area contributed by atoms with Crippen molar-refractivity contribution in [1.82, 2.24) is 0 Å². The summed E-state index contributed by atoms with van der Waals surface area (Å²) < 4.78 is 24.2. The molecule has 0 bridgehead atoms. The molecule has 6 heteroatoms. The summed E-state index contributed by atoms with van der Waals surface area (Å²) in [7, 11) is 0. The highest BCUT2D eigenvalue weighted by molar-refractivity contribution is 6.30. The number of hydrogen-bond donors (Lipinski definition) is 0. The van der Waals surface area contributed by atoms with Gasteiger partial charge in [-0.1, -0.05) is 41.9 Å². The van der Waals surface area contributed by atoms with E-state index in [1.807, 2.05) is 30.3 Å². The molecule has 0 spiro atoms. The van der Waals surface area contributed by atoms with Crippen LogP contribution in [0, 0.1) is 5.82 Å². The van der Waals surface area contributed by atoms with Crippen molar-refractivity contribution in [2.45, 2.75) is 6.61 Å². The first-order chi connectivity index (χ1) is 14.1. The molecule has 0 aliphatic carbocycles. The number of rotatable bonds is 5. The van der Waals surface area contributed by atoms with Crippen LogP contribution in [0.3, 0.4) is 0 Å². The molecule has 0 aromatic heterocycles. The minimum atomic E-state index is -0.548. The molecular weight excluding hydrogens is 393 g/mol. The lowest BCUT2D eigenvalue weighted by Crippen LogP contribution is -2.05. The number of aliphatic imine (C=N–C) groups is 1. The largest absolute Gasteiger partial charge is 0.488 e. The molecule has 4 nitrogen and oxygen atoms in total. The van der Waals surface area contributed by atoms with E-state index in [1.165, 1.54) is 12.1 Å². The maximum Gasteiger partial charge on any atom is 0.363 e. The predicted molar refractivity (Wildman–Crippen MR) is 109 cm³/mol. The van der Waals surface area contributed by atoms with Gasteiger partial charge in [0.05, 0.1) is 0 Å². The van der Waals surface area contributed by atoms with Crippen molar-refractivity contribution in [2.24, 2.45) is 4.99 Å². The predicted octanol–water partition coefficient (Wildman–Crippen LogP) is 5.40. The van der Waals surface area contributed by atoms with Crippen LogP contribution < -0.4 is 4.74 Å². The minimum Gasteiger partial charge on any atom is -0.488 e. The van der Waals surface area contributed by atoms with E-state index < -0.39 is 5.97 Å². The molecular formula is C23H15ClFNO3. The Morgan fingerprint density at radius 3 is 2.55 bits per heavy atom. The average Bonchev–Trinajstić information content (AvgIpc) is 3.10. The quantitative estimate of drug-likeness (QED) is 0.420. The van der Waals surface area contributed by atoms with E-state index in [-0.39, 0.29) is 24.0 Å².